The molecule has 0 aromatic heterocycles. The van der Waals surface area contributed by atoms with Gasteiger partial charge in [0.15, 0.2) is 0 Å². The first-order valence-corrected chi connectivity index (χ1v) is 7.72. The summed E-state index contributed by atoms with van der Waals surface area (Å²) in [4.78, 5) is 2.58. The van der Waals surface area contributed by atoms with Gasteiger partial charge in [0.1, 0.15) is 0 Å². The van der Waals surface area contributed by atoms with Gasteiger partial charge in [-0.3, -0.25) is 0 Å². The van der Waals surface area contributed by atoms with Crippen molar-refractivity contribution < 1.29 is 0 Å². The molecule has 0 saturated carbocycles. The molecule has 2 nitrogen and oxygen atoms in total. The summed E-state index contributed by atoms with van der Waals surface area (Å²) in [5.74, 6) is 0. The largest absolute Gasteiger partial charge is 0.324 e. The predicted octanol–water partition coefficient (Wildman–Crippen LogP) is 3.71. The normalized spacial score (nSPS) is 22.9. The van der Waals surface area contributed by atoms with Crippen molar-refractivity contribution in [2.24, 2.45) is 5.73 Å². The molecular weight excluding hydrogens is 288 g/mol. The van der Waals surface area contributed by atoms with Gasteiger partial charge >= 0.3 is 0 Å². The zero-order valence-corrected chi connectivity index (χ0v) is 12.7. The molecule has 0 amide bonds. The van der Waals surface area contributed by atoms with E-state index in [4.69, 9.17) is 5.73 Å². The van der Waals surface area contributed by atoms with Gasteiger partial charge in [-0.1, -0.05) is 40.5 Å². The minimum Gasteiger partial charge on any atom is -0.324 e. The number of nitrogens with two attached hydrogens (primary N) is 1. The summed E-state index contributed by atoms with van der Waals surface area (Å²) in [5.41, 5.74) is 7.53. The van der Waals surface area contributed by atoms with E-state index < -0.39 is 0 Å². The van der Waals surface area contributed by atoms with Crippen LogP contribution in [0.1, 0.15) is 44.2 Å². The third kappa shape index (κ3) is 3.56. The van der Waals surface area contributed by atoms with E-state index >= 15 is 0 Å². The summed E-state index contributed by atoms with van der Waals surface area (Å²) in [5, 5.41) is 0. The monoisotopic (exact) mass is 310 g/mol. The number of benzene rings is 1. The van der Waals surface area contributed by atoms with Crippen LogP contribution in [-0.2, 0) is 0 Å². The minimum atomic E-state index is 0.134. The lowest BCUT2D eigenvalue weighted by Gasteiger charge is -2.34. The van der Waals surface area contributed by atoms with Crippen molar-refractivity contribution in [2.45, 2.75) is 44.7 Å². The summed E-state index contributed by atoms with van der Waals surface area (Å²) >= 11 is 3.58. The Kier molecular flexibility index (Phi) is 5.22. The molecule has 0 spiro atoms. The van der Waals surface area contributed by atoms with E-state index in [1.165, 1.54) is 31.4 Å². The summed E-state index contributed by atoms with van der Waals surface area (Å²) in [6, 6.07) is 9.14. The molecule has 1 aromatic carbocycles. The maximum atomic E-state index is 6.30. The third-order valence-electron chi connectivity index (χ3n) is 3.97. The Bertz CT molecular complexity index is 381. The molecule has 0 bridgehead atoms. The Hall–Kier alpha value is -0.380. The molecule has 0 radical (unpaired) electrons. The maximum absolute atomic E-state index is 6.30. The van der Waals surface area contributed by atoms with Crippen molar-refractivity contribution in [1.29, 1.82) is 0 Å². The van der Waals surface area contributed by atoms with Gasteiger partial charge in [-0.05, 0) is 44.4 Å². The quantitative estimate of drug-likeness (QED) is 0.918. The van der Waals surface area contributed by atoms with Crippen molar-refractivity contribution in [1.82, 2.24) is 4.90 Å². The van der Waals surface area contributed by atoms with Crippen LogP contribution >= 0.6 is 15.9 Å². The third-order valence-corrected chi connectivity index (χ3v) is 4.69. The highest BCUT2D eigenvalue weighted by Gasteiger charge is 2.19. The van der Waals surface area contributed by atoms with Gasteiger partial charge in [0.2, 0.25) is 0 Å². The van der Waals surface area contributed by atoms with Crippen molar-refractivity contribution >= 4 is 15.9 Å². The Morgan fingerprint density at radius 3 is 2.89 bits per heavy atom. The molecule has 2 N–H and O–H groups in total. The Balaban J connectivity index is 1.88. The fraction of sp³-hybridized carbons (Fsp3) is 0.600. The van der Waals surface area contributed by atoms with Crippen LogP contribution in [0.4, 0.5) is 0 Å². The molecule has 1 heterocycles. The fourth-order valence-electron chi connectivity index (χ4n) is 2.73. The second kappa shape index (κ2) is 6.69. The van der Waals surface area contributed by atoms with Crippen LogP contribution in [0.2, 0.25) is 0 Å². The molecule has 1 aromatic rings. The van der Waals surface area contributed by atoms with Crippen LogP contribution in [0.15, 0.2) is 28.7 Å². The lowest BCUT2D eigenvalue weighted by atomic mass is 10.0. The Morgan fingerprint density at radius 1 is 1.39 bits per heavy atom. The highest BCUT2D eigenvalue weighted by atomic mass is 79.9. The van der Waals surface area contributed by atoms with E-state index in [2.05, 4.69) is 46.0 Å². The minimum absolute atomic E-state index is 0.134. The first kappa shape index (κ1) is 14.0. The van der Waals surface area contributed by atoms with Crippen LogP contribution in [0.5, 0.6) is 0 Å². The molecule has 1 saturated heterocycles. The molecule has 3 heteroatoms. The van der Waals surface area contributed by atoms with E-state index in [-0.39, 0.29) is 6.04 Å². The van der Waals surface area contributed by atoms with Crippen LogP contribution in [0, 0.1) is 0 Å². The van der Waals surface area contributed by atoms with Crippen LogP contribution in [-0.4, -0.2) is 24.0 Å². The number of piperidine rings is 1. The molecule has 0 aliphatic carbocycles. The van der Waals surface area contributed by atoms with Crippen molar-refractivity contribution in [3.63, 3.8) is 0 Å². The molecule has 100 valence electrons. The number of hydrogen-bond donors (Lipinski definition) is 1. The SMILES string of the molecule is CC1CCCCN1CCC(N)c1ccccc1Br. The molecular formula is C15H23BrN2. The molecule has 1 aliphatic rings. The second-order valence-corrected chi connectivity index (χ2v) is 6.15. The van der Waals surface area contributed by atoms with E-state index in [9.17, 15) is 0 Å². The van der Waals surface area contributed by atoms with Crippen molar-refractivity contribution in [3.05, 3.63) is 34.3 Å². The number of hydrogen-bond acceptors (Lipinski definition) is 2. The van der Waals surface area contributed by atoms with E-state index in [1.54, 1.807) is 0 Å². The Morgan fingerprint density at radius 2 is 2.17 bits per heavy atom. The molecule has 18 heavy (non-hydrogen) atoms. The van der Waals surface area contributed by atoms with Gasteiger partial charge in [-0.15, -0.1) is 0 Å². The summed E-state index contributed by atoms with van der Waals surface area (Å²) in [6.07, 6.45) is 5.10. The van der Waals surface area contributed by atoms with Gasteiger partial charge in [-0.2, -0.15) is 0 Å². The van der Waals surface area contributed by atoms with Gasteiger partial charge < -0.3 is 10.6 Å². The molecule has 1 aliphatic heterocycles. The Labute approximate surface area is 119 Å². The number of rotatable bonds is 4. The van der Waals surface area contributed by atoms with E-state index in [0.29, 0.717) is 0 Å². The number of nitrogens with zero attached hydrogens (tertiary/aromatic N) is 1. The molecule has 2 atom stereocenters. The van der Waals surface area contributed by atoms with Crippen LogP contribution in [0.25, 0.3) is 0 Å². The van der Waals surface area contributed by atoms with E-state index in [0.717, 1.165) is 23.5 Å². The first-order chi connectivity index (χ1) is 8.68. The highest BCUT2D eigenvalue weighted by Crippen LogP contribution is 2.25. The average molecular weight is 311 g/mol. The van der Waals surface area contributed by atoms with Gasteiger partial charge in [0.25, 0.3) is 0 Å². The van der Waals surface area contributed by atoms with Crippen molar-refractivity contribution in [3.8, 4) is 0 Å². The molecule has 2 rings (SSSR count). The predicted molar refractivity (Wildman–Crippen MR) is 80.6 cm³/mol. The lowest BCUT2D eigenvalue weighted by Crippen LogP contribution is -2.39. The zero-order valence-electron chi connectivity index (χ0n) is 11.1. The van der Waals surface area contributed by atoms with Gasteiger partial charge in [0, 0.05) is 23.1 Å². The summed E-state index contributed by atoms with van der Waals surface area (Å²) < 4.78 is 1.13. The molecule has 1 fully saturated rings. The van der Waals surface area contributed by atoms with Crippen molar-refractivity contribution in [2.75, 3.05) is 13.1 Å². The maximum Gasteiger partial charge on any atom is 0.0318 e. The summed E-state index contributed by atoms with van der Waals surface area (Å²) in [6.45, 7) is 4.69. The number of likely N-dealkylation sites (tertiary alicyclic amines) is 1. The summed E-state index contributed by atoms with van der Waals surface area (Å²) in [7, 11) is 0. The van der Waals surface area contributed by atoms with E-state index in [1.807, 2.05) is 6.07 Å². The molecule has 2 unspecified atom stereocenters. The smallest absolute Gasteiger partial charge is 0.0318 e. The van der Waals surface area contributed by atoms with Gasteiger partial charge in [0.05, 0.1) is 0 Å². The zero-order chi connectivity index (χ0) is 13.0. The fourth-order valence-corrected chi connectivity index (χ4v) is 3.30. The standard InChI is InChI=1S/C15H23BrN2/c1-12-6-4-5-10-18(12)11-9-15(17)13-7-2-3-8-14(13)16/h2-3,7-8,12,15H,4-6,9-11,17H2,1H3. The first-order valence-electron chi connectivity index (χ1n) is 6.92. The topological polar surface area (TPSA) is 29.3 Å². The number of halogens is 1. The second-order valence-electron chi connectivity index (χ2n) is 5.30. The highest BCUT2D eigenvalue weighted by molar-refractivity contribution is 9.10. The lowest BCUT2D eigenvalue weighted by molar-refractivity contribution is 0.155. The average Bonchev–Trinajstić information content (AvgIpc) is 2.38. The van der Waals surface area contributed by atoms with Gasteiger partial charge in [-0.25, -0.2) is 0 Å². The van der Waals surface area contributed by atoms with Crippen LogP contribution < -0.4 is 5.73 Å². The van der Waals surface area contributed by atoms with Crippen LogP contribution in [0.3, 0.4) is 0 Å².